The molecule has 0 unspecified atom stereocenters. The Bertz CT molecular complexity index is 137. The smallest absolute Gasteiger partial charge is 0.193 e. The van der Waals surface area contributed by atoms with Crippen LogP contribution in [0.15, 0.2) is 0 Å². The van der Waals surface area contributed by atoms with Crippen molar-refractivity contribution in [2.75, 3.05) is 5.33 Å². The summed E-state index contributed by atoms with van der Waals surface area (Å²) in [4.78, 5) is 0. The highest BCUT2D eigenvalue weighted by Crippen LogP contribution is 2.67. The summed E-state index contributed by atoms with van der Waals surface area (Å²) < 4.78 is 13.0. The van der Waals surface area contributed by atoms with E-state index in [0.717, 1.165) is 0 Å². The molecule has 3 heteroatoms. The average Bonchev–Trinajstić information content (AvgIpc) is 2.16. The second-order valence-corrected chi connectivity index (χ2v) is 4.01. The maximum absolute atomic E-state index is 13.0. The molecule has 0 heterocycles. The Labute approximate surface area is 67.9 Å². The molecule has 1 aliphatic rings. The maximum atomic E-state index is 13.0. The Hall–Kier alpha value is 0.700. The van der Waals surface area contributed by atoms with Gasteiger partial charge in [0.25, 0.3) is 0 Å². The zero-order chi connectivity index (χ0) is 7.28. The van der Waals surface area contributed by atoms with E-state index < -0.39 is 5.13 Å². The maximum Gasteiger partial charge on any atom is 0.193 e. The van der Waals surface area contributed by atoms with Crippen LogP contribution in [0.25, 0.3) is 0 Å². The van der Waals surface area contributed by atoms with Gasteiger partial charge in [0.1, 0.15) is 0 Å². The predicted octanol–water partition coefficient (Wildman–Crippen LogP) is 2.94. The van der Waals surface area contributed by atoms with E-state index in [-0.39, 0.29) is 11.3 Å². The number of hydrogen-bond acceptors (Lipinski definition) is 0. The Morgan fingerprint density at radius 3 is 2.11 bits per heavy atom. The Balaban J connectivity index is 2.70. The van der Waals surface area contributed by atoms with Gasteiger partial charge in [-0.2, -0.15) is 0 Å². The van der Waals surface area contributed by atoms with Crippen LogP contribution in [0.4, 0.5) is 4.39 Å². The topological polar surface area (TPSA) is 0 Å². The minimum atomic E-state index is -1.46. The summed E-state index contributed by atoms with van der Waals surface area (Å²) in [6.07, 6.45) is 0. The molecule has 0 bridgehead atoms. The zero-order valence-corrected chi connectivity index (χ0v) is 7.76. The van der Waals surface area contributed by atoms with Crippen LogP contribution in [0.2, 0.25) is 0 Å². The number of hydrogen-bond donors (Lipinski definition) is 0. The van der Waals surface area contributed by atoms with Crippen molar-refractivity contribution < 1.29 is 4.39 Å². The van der Waals surface area contributed by atoms with Gasteiger partial charge in [-0.3, -0.25) is 0 Å². The van der Waals surface area contributed by atoms with Gasteiger partial charge in [-0.05, 0) is 0 Å². The molecule has 0 saturated heterocycles. The molecule has 1 saturated carbocycles. The molecular formula is C6H9BrClF. The largest absolute Gasteiger partial charge is 0.225 e. The van der Waals surface area contributed by atoms with Crippen LogP contribution in [0.5, 0.6) is 0 Å². The second kappa shape index (κ2) is 1.85. The average molecular weight is 215 g/mol. The van der Waals surface area contributed by atoms with E-state index >= 15 is 0 Å². The van der Waals surface area contributed by atoms with Gasteiger partial charge in [-0.1, -0.05) is 41.4 Å². The van der Waals surface area contributed by atoms with Crippen LogP contribution in [0.1, 0.15) is 13.8 Å². The minimum Gasteiger partial charge on any atom is -0.225 e. The first kappa shape index (κ1) is 7.80. The van der Waals surface area contributed by atoms with Gasteiger partial charge in [0.15, 0.2) is 5.13 Å². The fraction of sp³-hybridized carbons (Fsp3) is 1.00. The van der Waals surface area contributed by atoms with Crippen LogP contribution in [-0.2, 0) is 0 Å². The minimum absolute atomic E-state index is 0.0222. The third-order valence-corrected chi connectivity index (χ3v) is 4.38. The molecule has 0 amide bonds. The van der Waals surface area contributed by atoms with Crippen LogP contribution < -0.4 is 0 Å². The van der Waals surface area contributed by atoms with Crippen molar-refractivity contribution in [2.24, 2.45) is 11.3 Å². The lowest BCUT2D eigenvalue weighted by atomic mass is 10.1. The molecule has 0 nitrogen and oxygen atoms in total. The van der Waals surface area contributed by atoms with E-state index in [4.69, 9.17) is 11.6 Å². The molecule has 1 rings (SSSR count). The lowest BCUT2D eigenvalue weighted by Crippen LogP contribution is -2.05. The van der Waals surface area contributed by atoms with Crippen molar-refractivity contribution in [1.82, 2.24) is 0 Å². The van der Waals surface area contributed by atoms with Crippen molar-refractivity contribution in [2.45, 2.75) is 19.0 Å². The molecule has 54 valence electrons. The van der Waals surface area contributed by atoms with E-state index in [1.165, 1.54) is 0 Å². The Morgan fingerprint density at radius 2 is 2.11 bits per heavy atom. The van der Waals surface area contributed by atoms with Gasteiger partial charge >= 0.3 is 0 Å². The molecule has 0 radical (unpaired) electrons. The molecular weight excluding hydrogens is 206 g/mol. The van der Waals surface area contributed by atoms with E-state index in [1.807, 2.05) is 13.8 Å². The van der Waals surface area contributed by atoms with Crippen molar-refractivity contribution in [3.8, 4) is 0 Å². The lowest BCUT2D eigenvalue weighted by Gasteiger charge is -2.03. The summed E-state index contributed by atoms with van der Waals surface area (Å²) in [6.45, 7) is 3.67. The van der Waals surface area contributed by atoms with Crippen molar-refractivity contribution in [3.63, 3.8) is 0 Å². The molecule has 0 aromatic carbocycles. The fourth-order valence-corrected chi connectivity index (χ4v) is 2.48. The highest BCUT2D eigenvalue weighted by molar-refractivity contribution is 9.09. The summed E-state index contributed by atoms with van der Waals surface area (Å²) in [7, 11) is 0. The zero-order valence-electron chi connectivity index (χ0n) is 5.42. The van der Waals surface area contributed by atoms with Gasteiger partial charge in [0.05, 0.1) is 0 Å². The first-order chi connectivity index (χ1) is 3.97. The molecule has 1 aliphatic carbocycles. The lowest BCUT2D eigenvalue weighted by molar-refractivity contribution is 0.352. The van der Waals surface area contributed by atoms with E-state index in [2.05, 4.69) is 15.9 Å². The van der Waals surface area contributed by atoms with E-state index in [9.17, 15) is 4.39 Å². The molecule has 0 aliphatic heterocycles. The SMILES string of the molecule is C[C@H]1[C@@](F)(Cl)[C@]1(C)CBr. The summed E-state index contributed by atoms with van der Waals surface area (Å²) >= 11 is 8.73. The normalized spacial score (nSPS) is 57.7. The van der Waals surface area contributed by atoms with Crippen LogP contribution in [0, 0.1) is 11.3 Å². The molecule has 0 aromatic rings. The summed E-state index contributed by atoms with van der Waals surface area (Å²) in [5, 5.41) is -0.822. The molecule has 0 aromatic heterocycles. The highest BCUT2D eigenvalue weighted by atomic mass is 79.9. The van der Waals surface area contributed by atoms with Crippen LogP contribution >= 0.6 is 27.5 Å². The molecule has 0 spiro atoms. The predicted molar refractivity (Wildman–Crippen MR) is 40.8 cm³/mol. The second-order valence-electron chi connectivity index (χ2n) is 2.90. The fourth-order valence-electron chi connectivity index (χ4n) is 1.01. The molecule has 9 heavy (non-hydrogen) atoms. The standard InChI is InChI=1S/C6H9BrClF/c1-4-5(2,3-7)6(4,8)9/h4H,3H2,1-2H3/t4-,5-,6+/m1/s1. The van der Waals surface area contributed by atoms with E-state index in [1.54, 1.807) is 0 Å². The highest BCUT2D eigenvalue weighted by Gasteiger charge is 2.72. The van der Waals surface area contributed by atoms with Gasteiger partial charge in [0.2, 0.25) is 0 Å². The first-order valence-corrected chi connectivity index (χ1v) is 4.40. The summed E-state index contributed by atoms with van der Waals surface area (Å²) in [5.41, 5.74) is -0.339. The Morgan fingerprint density at radius 1 is 1.78 bits per heavy atom. The van der Waals surface area contributed by atoms with E-state index in [0.29, 0.717) is 5.33 Å². The number of alkyl halides is 3. The van der Waals surface area contributed by atoms with Crippen molar-refractivity contribution >= 4 is 27.5 Å². The molecule has 0 N–H and O–H groups in total. The molecule has 1 fully saturated rings. The number of rotatable bonds is 1. The van der Waals surface area contributed by atoms with Crippen molar-refractivity contribution in [1.29, 1.82) is 0 Å². The third kappa shape index (κ3) is 0.758. The van der Waals surface area contributed by atoms with Gasteiger partial charge in [-0.15, -0.1) is 0 Å². The Kier molecular flexibility index (Phi) is 1.60. The van der Waals surface area contributed by atoms with Gasteiger partial charge in [-0.25, -0.2) is 4.39 Å². The van der Waals surface area contributed by atoms with Crippen LogP contribution in [-0.4, -0.2) is 10.5 Å². The third-order valence-electron chi connectivity index (χ3n) is 2.46. The molecule has 3 atom stereocenters. The number of halogens is 3. The first-order valence-electron chi connectivity index (χ1n) is 2.90. The van der Waals surface area contributed by atoms with Gasteiger partial charge < -0.3 is 0 Å². The monoisotopic (exact) mass is 214 g/mol. The van der Waals surface area contributed by atoms with Gasteiger partial charge in [0, 0.05) is 16.7 Å². The summed E-state index contributed by atoms with van der Waals surface area (Å²) in [5.74, 6) is -0.0222. The summed E-state index contributed by atoms with van der Waals surface area (Å²) in [6, 6.07) is 0. The van der Waals surface area contributed by atoms with Crippen molar-refractivity contribution in [3.05, 3.63) is 0 Å². The quantitative estimate of drug-likeness (QED) is 0.590. The van der Waals surface area contributed by atoms with Crippen LogP contribution in [0.3, 0.4) is 0 Å².